The van der Waals surface area contributed by atoms with Gasteiger partial charge in [0.05, 0.1) is 0 Å². The van der Waals surface area contributed by atoms with Crippen LogP contribution in [0.3, 0.4) is 0 Å². The second-order valence-corrected chi connectivity index (χ2v) is 5.59. The molecule has 1 aliphatic rings. The summed E-state index contributed by atoms with van der Waals surface area (Å²) < 4.78 is 0. The standard InChI is InChI=1S/C14H23N5O/c1-10-4-3-7-19(9-10)11(2)8-18-14(20)12-13(15)17-6-5-16-12/h5-6,10-11H,3-4,7-9H2,1-2H3,(H2,15,17)(H,18,20)/t10-,11-/m0/s1. The third-order valence-electron chi connectivity index (χ3n) is 3.81. The van der Waals surface area contributed by atoms with Gasteiger partial charge in [-0.15, -0.1) is 0 Å². The molecule has 20 heavy (non-hydrogen) atoms. The summed E-state index contributed by atoms with van der Waals surface area (Å²) in [4.78, 5) is 22.3. The molecule has 1 aliphatic heterocycles. The molecular weight excluding hydrogens is 254 g/mol. The predicted octanol–water partition coefficient (Wildman–Crippen LogP) is 0.909. The minimum absolute atomic E-state index is 0.171. The van der Waals surface area contributed by atoms with Crippen LogP contribution in [0.5, 0.6) is 0 Å². The van der Waals surface area contributed by atoms with Gasteiger partial charge in [0, 0.05) is 31.5 Å². The average molecular weight is 277 g/mol. The van der Waals surface area contributed by atoms with Crippen molar-refractivity contribution in [3.63, 3.8) is 0 Å². The summed E-state index contributed by atoms with van der Waals surface area (Å²) in [6.07, 6.45) is 5.48. The Morgan fingerprint density at radius 2 is 2.30 bits per heavy atom. The Morgan fingerprint density at radius 1 is 1.55 bits per heavy atom. The number of hydrogen-bond donors (Lipinski definition) is 2. The summed E-state index contributed by atoms with van der Waals surface area (Å²) in [6, 6.07) is 0.319. The van der Waals surface area contributed by atoms with E-state index in [2.05, 4.69) is 34.0 Å². The fourth-order valence-corrected chi connectivity index (χ4v) is 2.60. The van der Waals surface area contributed by atoms with Crippen LogP contribution in [-0.4, -0.2) is 46.5 Å². The Morgan fingerprint density at radius 3 is 3.00 bits per heavy atom. The Labute approximate surface area is 119 Å². The lowest BCUT2D eigenvalue weighted by atomic mass is 9.99. The van der Waals surface area contributed by atoms with Crippen molar-refractivity contribution < 1.29 is 4.79 Å². The fourth-order valence-electron chi connectivity index (χ4n) is 2.60. The summed E-state index contributed by atoms with van der Waals surface area (Å²) in [6.45, 7) is 7.22. The zero-order valence-electron chi connectivity index (χ0n) is 12.2. The lowest BCUT2D eigenvalue weighted by Gasteiger charge is -2.35. The summed E-state index contributed by atoms with van der Waals surface area (Å²) >= 11 is 0. The lowest BCUT2D eigenvalue weighted by molar-refractivity contribution is 0.0913. The fraction of sp³-hybridized carbons (Fsp3) is 0.643. The summed E-state index contributed by atoms with van der Waals surface area (Å²) in [5, 5.41) is 2.89. The summed E-state index contributed by atoms with van der Waals surface area (Å²) in [5.41, 5.74) is 5.84. The van der Waals surface area contributed by atoms with E-state index in [1.165, 1.54) is 25.2 Å². The maximum atomic E-state index is 12.0. The number of likely N-dealkylation sites (tertiary alicyclic amines) is 1. The molecule has 0 saturated carbocycles. The number of anilines is 1. The molecule has 1 amide bonds. The largest absolute Gasteiger partial charge is 0.382 e. The molecule has 2 heterocycles. The third kappa shape index (κ3) is 3.66. The molecule has 0 aromatic carbocycles. The van der Waals surface area contributed by atoms with Gasteiger partial charge in [-0.05, 0) is 32.2 Å². The van der Waals surface area contributed by atoms with Crippen LogP contribution < -0.4 is 11.1 Å². The van der Waals surface area contributed by atoms with Crippen LogP contribution in [0.25, 0.3) is 0 Å². The number of carbonyl (C=O) groups is 1. The first-order valence-corrected chi connectivity index (χ1v) is 7.16. The highest BCUT2D eigenvalue weighted by molar-refractivity contribution is 5.96. The maximum absolute atomic E-state index is 12.0. The number of rotatable bonds is 4. The molecule has 1 fully saturated rings. The molecule has 0 unspecified atom stereocenters. The van der Waals surface area contributed by atoms with Crippen LogP contribution in [0.1, 0.15) is 37.2 Å². The van der Waals surface area contributed by atoms with E-state index in [-0.39, 0.29) is 17.4 Å². The van der Waals surface area contributed by atoms with Crippen LogP contribution in [0.15, 0.2) is 12.4 Å². The first-order chi connectivity index (χ1) is 9.58. The van der Waals surface area contributed by atoms with Crippen LogP contribution in [0.4, 0.5) is 5.82 Å². The van der Waals surface area contributed by atoms with E-state index in [0.717, 1.165) is 19.0 Å². The van der Waals surface area contributed by atoms with Crippen molar-refractivity contribution in [3.8, 4) is 0 Å². The van der Waals surface area contributed by atoms with Crippen LogP contribution >= 0.6 is 0 Å². The molecular formula is C14H23N5O. The van der Waals surface area contributed by atoms with Gasteiger partial charge in [-0.25, -0.2) is 9.97 Å². The number of hydrogen-bond acceptors (Lipinski definition) is 5. The monoisotopic (exact) mass is 277 g/mol. The molecule has 1 aromatic heterocycles. The van der Waals surface area contributed by atoms with Crippen molar-refractivity contribution in [2.45, 2.75) is 32.7 Å². The topological polar surface area (TPSA) is 84.1 Å². The highest BCUT2D eigenvalue weighted by Crippen LogP contribution is 2.17. The average Bonchev–Trinajstić information content (AvgIpc) is 2.45. The molecule has 0 radical (unpaired) electrons. The van der Waals surface area contributed by atoms with E-state index in [0.29, 0.717) is 12.6 Å². The van der Waals surface area contributed by atoms with Gasteiger partial charge in [0.2, 0.25) is 0 Å². The van der Waals surface area contributed by atoms with Gasteiger partial charge in [0.15, 0.2) is 11.5 Å². The van der Waals surface area contributed by atoms with Crippen molar-refractivity contribution in [1.82, 2.24) is 20.2 Å². The second-order valence-electron chi connectivity index (χ2n) is 5.59. The van der Waals surface area contributed by atoms with Gasteiger partial charge in [-0.3, -0.25) is 9.69 Å². The smallest absolute Gasteiger partial charge is 0.273 e. The molecule has 110 valence electrons. The molecule has 6 nitrogen and oxygen atoms in total. The van der Waals surface area contributed by atoms with Crippen molar-refractivity contribution in [2.75, 3.05) is 25.4 Å². The van der Waals surface area contributed by atoms with Crippen LogP contribution in [-0.2, 0) is 0 Å². The number of aromatic nitrogens is 2. The van der Waals surface area contributed by atoms with Crippen molar-refractivity contribution in [1.29, 1.82) is 0 Å². The minimum Gasteiger partial charge on any atom is -0.382 e. The quantitative estimate of drug-likeness (QED) is 0.854. The van der Waals surface area contributed by atoms with E-state index >= 15 is 0 Å². The lowest BCUT2D eigenvalue weighted by Crippen LogP contribution is -2.46. The first kappa shape index (κ1) is 14.7. The molecule has 1 aromatic rings. The van der Waals surface area contributed by atoms with Crippen LogP contribution in [0, 0.1) is 5.92 Å². The van der Waals surface area contributed by atoms with E-state index in [1.807, 2.05) is 0 Å². The van der Waals surface area contributed by atoms with E-state index < -0.39 is 0 Å². The Balaban J connectivity index is 1.85. The molecule has 2 rings (SSSR count). The Kier molecular flexibility index (Phi) is 4.89. The van der Waals surface area contributed by atoms with Gasteiger partial charge >= 0.3 is 0 Å². The molecule has 0 bridgehead atoms. The number of carbonyl (C=O) groups excluding carboxylic acids is 1. The molecule has 2 atom stereocenters. The second kappa shape index (κ2) is 6.65. The molecule has 0 spiro atoms. The van der Waals surface area contributed by atoms with Gasteiger partial charge in [0.25, 0.3) is 5.91 Å². The number of amides is 1. The molecule has 1 saturated heterocycles. The summed E-state index contributed by atoms with van der Waals surface area (Å²) in [7, 11) is 0. The molecule has 6 heteroatoms. The van der Waals surface area contributed by atoms with Crippen molar-refractivity contribution in [3.05, 3.63) is 18.1 Å². The number of nitrogens with one attached hydrogen (secondary N) is 1. The van der Waals surface area contributed by atoms with E-state index in [9.17, 15) is 4.79 Å². The number of piperidine rings is 1. The van der Waals surface area contributed by atoms with Gasteiger partial charge < -0.3 is 11.1 Å². The Bertz CT molecular complexity index is 465. The minimum atomic E-state index is -0.257. The normalized spacial score (nSPS) is 21.4. The highest BCUT2D eigenvalue weighted by atomic mass is 16.1. The number of nitrogens with two attached hydrogens (primary N) is 1. The molecule has 0 aliphatic carbocycles. The van der Waals surface area contributed by atoms with Crippen molar-refractivity contribution in [2.24, 2.45) is 5.92 Å². The molecule has 3 N–H and O–H groups in total. The maximum Gasteiger partial charge on any atom is 0.273 e. The van der Waals surface area contributed by atoms with Gasteiger partial charge in [0.1, 0.15) is 0 Å². The first-order valence-electron chi connectivity index (χ1n) is 7.16. The third-order valence-corrected chi connectivity index (χ3v) is 3.81. The number of nitrogens with zero attached hydrogens (tertiary/aromatic N) is 3. The Hall–Kier alpha value is -1.69. The SMILES string of the molecule is C[C@H]1CCCN([C@@H](C)CNC(=O)c2nccnc2N)C1. The predicted molar refractivity (Wildman–Crippen MR) is 78.2 cm³/mol. The van der Waals surface area contributed by atoms with Gasteiger partial charge in [-0.2, -0.15) is 0 Å². The van der Waals surface area contributed by atoms with E-state index in [4.69, 9.17) is 5.73 Å². The van der Waals surface area contributed by atoms with Gasteiger partial charge in [-0.1, -0.05) is 6.92 Å². The zero-order valence-corrected chi connectivity index (χ0v) is 12.2. The van der Waals surface area contributed by atoms with E-state index in [1.54, 1.807) is 0 Å². The highest BCUT2D eigenvalue weighted by Gasteiger charge is 2.21. The van der Waals surface area contributed by atoms with Crippen LogP contribution in [0.2, 0.25) is 0 Å². The zero-order chi connectivity index (χ0) is 14.5. The summed E-state index contributed by atoms with van der Waals surface area (Å²) in [5.74, 6) is 0.647. The number of nitrogen functional groups attached to an aromatic ring is 1. The van der Waals surface area contributed by atoms with Crippen molar-refractivity contribution >= 4 is 11.7 Å².